The molecule has 0 bridgehead atoms. The van der Waals surface area contributed by atoms with Crippen molar-refractivity contribution in [1.29, 1.82) is 0 Å². The van der Waals surface area contributed by atoms with Gasteiger partial charge in [-0.1, -0.05) is 18.6 Å². The van der Waals surface area contributed by atoms with Crippen LogP contribution in [0.3, 0.4) is 0 Å². The highest BCUT2D eigenvalue weighted by Gasteiger charge is 2.31. The van der Waals surface area contributed by atoms with Crippen molar-refractivity contribution < 1.29 is 18.3 Å². The van der Waals surface area contributed by atoms with Gasteiger partial charge in [0.1, 0.15) is 5.75 Å². The number of amides is 1. The number of piperidine rings is 1. The summed E-state index contributed by atoms with van der Waals surface area (Å²) in [5, 5.41) is 12.6. The van der Waals surface area contributed by atoms with Crippen molar-refractivity contribution in [3.05, 3.63) is 53.6 Å². The van der Waals surface area contributed by atoms with E-state index in [0.29, 0.717) is 6.54 Å². The smallest absolute Gasteiger partial charge is 0.255 e. The third-order valence-electron chi connectivity index (χ3n) is 4.85. The second kappa shape index (κ2) is 7.70. The third-order valence-corrected chi connectivity index (χ3v) is 6.86. The van der Waals surface area contributed by atoms with Gasteiger partial charge in [0.05, 0.1) is 10.6 Å². The molecule has 1 heterocycles. The fourth-order valence-corrected chi connectivity index (χ4v) is 5.05. The highest BCUT2D eigenvalue weighted by Crippen LogP contribution is 2.27. The Bertz CT molecular complexity index is 956. The number of rotatable bonds is 4. The Kier molecular flexibility index (Phi) is 5.53. The first-order valence-electron chi connectivity index (χ1n) is 9.02. The van der Waals surface area contributed by atoms with Crippen molar-refractivity contribution in [3.63, 3.8) is 0 Å². The molecule has 144 valence electrons. The van der Waals surface area contributed by atoms with Gasteiger partial charge in [0.15, 0.2) is 0 Å². The van der Waals surface area contributed by atoms with Crippen molar-refractivity contribution in [3.8, 4) is 5.75 Å². The zero-order valence-electron chi connectivity index (χ0n) is 15.5. The molecule has 1 amide bonds. The van der Waals surface area contributed by atoms with Gasteiger partial charge in [-0.2, -0.15) is 4.31 Å². The lowest BCUT2D eigenvalue weighted by atomic mass is 10.1. The van der Waals surface area contributed by atoms with E-state index in [1.807, 2.05) is 13.8 Å². The van der Waals surface area contributed by atoms with Crippen LogP contribution in [0.2, 0.25) is 0 Å². The first kappa shape index (κ1) is 19.4. The second-order valence-electron chi connectivity index (χ2n) is 6.96. The van der Waals surface area contributed by atoms with Crippen molar-refractivity contribution in [2.75, 3.05) is 11.9 Å². The van der Waals surface area contributed by atoms with E-state index < -0.39 is 15.9 Å². The number of aryl methyl sites for hydroxylation is 1. The van der Waals surface area contributed by atoms with Crippen LogP contribution in [0.15, 0.2) is 47.4 Å². The fourth-order valence-electron chi connectivity index (χ4n) is 3.30. The minimum absolute atomic E-state index is 0.0331. The van der Waals surface area contributed by atoms with Crippen molar-refractivity contribution in [2.24, 2.45) is 0 Å². The van der Waals surface area contributed by atoms with Crippen LogP contribution in [-0.4, -0.2) is 36.3 Å². The number of nitrogens with zero attached hydrogens (tertiary/aromatic N) is 1. The number of sulfonamides is 1. The van der Waals surface area contributed by atoms with Gasteiger partial charge in [-0.3, -0.25) is 4.79 Å². The van der Waals surface area contributed by atoms with E-state index >= 15 is 0 Å². The minimum atomic E-state index is -3.65. The van der Waals surface area contributed by atoms with Gasteiger partial charge in [-0.05, 0) is 62.6 Å². The van der Waals surface area contributed by atoms with Gasteiger partial charge >= 0.3 is 0 Å². The Balaban J connectivity index is 1.85. The molecule has 0 aliphatic carbocycles. The molecular weight excluding hydrogens is 364 g/mol. The number of phenols is 1. The molecule has 3 rings (SSSR count). The van der Waals surface area contributed by atoms with Crippen LogP contribution in [0.4, 0.5) is 5.69 Å². The van der Waals surface area contributed by atoms with Gasteiger partial charge in [0, 0.05) is 18.2 Å². The standard InChI is InChI=1S/C20H24N2O4S/c1-14-9-10-18(19(23)12-14)21-20(24)16-7-5-8-17(13-16)27(25,26)22-11-4-3-6-15(22)2/h5,7-10,12-13,15,23H,3-4,6,11H2,1-2H3,(H,21,24). The van der Waals surface area contributed by atoms with E-state index in [1.54, 1.807) is 30.3 Å². The van der Waals surface area contributed by atoms with E-state index in [4.69, 9.17) is 0 Å². The lowest BCUT2D eigenvalue weighted by Crippen LogP contribution is -2.41. The summed E-state index contributed by atoms with van der Waals surface area (Å²) >= 11 is 0. The molecule has 1 atom stereocenters. The molecule has 7 heteroatoms. The highest BCUT2D eigenvalue weighted by molar-refractivity contribution is 7.89. The molecular formula is C20H24N2O4S. The number of hydrogen-bond acceptors (Lipinski definition) is 4. The van der Waals surface area contributed by atoms with Crippen LogP contribution in [0, 0.1) is 6.92 Å². The number of carbonyl (C=O) groups is 1. The monoisotopic (exact) mass is 388 g/mol. The first-order chi connectivity index (χ1) is 12.8. The zero-order valence-corrected chi connectivity index (χ0v) is 16.3. The predicted octanol–water partition coefficient (Wildman–Crippen LogP) is 3.52. The normalized spacial score (nSPS) is 18.2. The van der Waals surface area contributed by atoms with Gasteiger partial charge < -0.3 is 10.4 Å². The van der Waals surface area contributed by atoms with Crippen LogP contribution in [0.1, 0.15) is 42.1 Å². The van der Waals surface area contributed by atoms with Gasteiger partial charge in [0.25, 0.3) is 5.91 Å². The summed E-state index contributed by atoms with van der Waals surface area (Å²) < 4.78 is 27.5. The molecule has 1 unspecified atom stereocenters. The number of hydrogen-bond donors (Lipinski definition) is 2. The molecule has 0 radical (unpaired) electrons. The summed E-state index contributed by atoms with van der Waals surface area (Å²) in [6.07, 6.45) is 2.71. The lowest BCUT2D eigenvalue weighted by molar-refractivity contribution is 0.102. The molecule has 1 aliphatic heterocycles. The minimum Gasteiger partial charge on any atom is -0.506 e. The Hall–Kier alpha value is -2.38. The molecule has 27 heavy (non-hydrogen) atoms. The van der Waals surface area contributed by atoms with Crippen molar-refractivity contribution in [2.45, 2.75) is 44.0 Å². The number of nitrogens with one attached hydrogen (secondary N) is 1. The number of anilines is 1. The maximum absolute atomic E-state index is 13.0. The molecule has 0 spiro atoms. The molecule has 0 saturated carbocycles. The van der Waals surface area contributed by atoms with Crippen LogP contribution in [0.5, 0.6) is 5.75 Å². The summed E-state index contributed by atoms with van der Waals surface area (Å²) in [6, 6.07) is 10.9. The Labute approximate surface area is 159 Å². The first-order valence-corrected chi connectivity index (χ1v) is 10.5. The molecule has 1 aliphatic rings. The molecule has 1 fully saturated rings. The quantitative estimate of drug-likeness (QED) is 0.785. The second-order valence-corrected chi connectivity index (χ2v) is 8.85. The van der Waals surface area contributed by atoms with Gasteiger partial charge in [-0.15, -0.1) is 0 Å². The predicted molar refractivity (Wildman–Crippen MR) is 104 cm³/mol. The highest BCUT2D eigenvalue weighted by atomic mass is 32.2. The number of aromatic hydroxyl groups is 1. The fraction of sp³-hybridized carbons (Fsp3) is 0.350. The maximum atomic E-state index is 13.0. The average Bonchev–Trinajstić information content (AvgIpc) is 2.64. The van der Waals surface area contributed by atoms with Crippen molar-refractivity contribution >= 4 is 21.6 Å². The van der Waals surface area contributed by atoms with Crippen LogP contribution in [0.25, 0.3) is 0 Å². The van der Waals surface area contributed by atoms with Crippen LogP contribution in [-0.2, 0) is 10.0 Å². The summed E-state index contributed by atoms with van der Waals surface area (Å²) in [5.74, 6) is -0.507. The summed E-state index contributed by atoms with van der Waals surface area (Å²) in [5.41, 5.74) is 1.37. The Morgan fingerprint density at radius 3 is 2.67 bits per heavy atom. The summed E-state index contributed by atoms with van der Waals surface area (Å²) in [4.78, 5) is 12.6. The van der Waals surface area contributed by atoms with E-state index in [0.717, 1.165) is 24.8 Å². The van der Waals surface area contributed by atoms with Crippen LogP contribution < -0.4 is 5.32 Å². The number of benzene rings is 2. The zero-order chi connectivity index (χ0) is 19.6. The van der Waals surface area contributed by atoms with Crippen molar-refractivity contribution in [1.82, 2.24) is 4.31 Å². The van der Waals surface area contributed by atoms with E-state index in [-0.39, 0.29) is 27.9 Å². The Morgan fingerprint density at radius 2 is 1.96 bits per heavy atom. The van der Waals surface area contributed by atoms with E-state index in [1.165, 1.54) is 16.4 Å². The lowest BCUT2D eigenvalue weighted by Gasteiger charge is -2.32. The van der Waals surface area contributed by atoms with E-state index in [2.05, 4.69) is 5.32 Å². The Morgan fingerprint density at radius 1 is 1.19 bits per heavy atom. The maximum Gasteiger partial charge on any atom is 0.255 e. The number of phenolic OH excluding ortho intramolecular Hbond substituents is 1. The summed E-state index contributed by atoms with van der Waals surface area (Å²) in [6.45, 7) is 4.24. The topological polar surface area (TPSA) is 86.7 Å². The van der Waals surface area contributed by atoms with Crippen LogP contribution >= 0.6 is 0 Å². The molecule has 6 nitrogen and oxygen atoms in total. The number of carbonyl (C=O) groups excluding carboxylic acids is 1. The molecule has 1 saturated heterocycles. The largest absolute Gasteiger partial charge is 0.506 e. The molecule has 2 N–H and O–H groups in total. The molecule has 2 aromatic rings. The molecule has 0 aromatic heterocycles. The SMILES string of the molecule is Cc1ccc(NC(=O)c2cccc(S(=O)(=O)N3CCCCC3C)c2)c(O)c1. The molecule has 2 aromatic carbocycles. The third kappa shape index (κ3) is 4.14. The average molecular weight is 388 g/mol. The summed E-state index contributed by atoms with van der Waals surface area (Å²) in [7, 11) is -3.65. The van der Waals surface area contributed by atoms with Gasteiger partial charge in [-0.25, -0.2) is 8.42 Å². The van der Waals surface area contributed by atoms with E-state index in [9.17, 15) is 18.3 Å². The van der Waals surface area contributed by atoms with Gasteiger partial charge in [0.2, 0.25) is 10.0 Å².